The third-order valence-electron chi connectivity index (χ3n) is 4.37. The van der Waals surface area contributed by atoms with Crippen LogP contribution in [-0.2, 0) is 4.79 Å². The fourth-order valence-electron chi connectivity index (χ4n) is 3.59. The van der Waals surface area contributed by atoms with Gasteiger partial charge in [0.25, 0.3) is 5.91 Å². The average Bonchev–Trinajstić information content (AvgIpc) is 3.10. The molecule has 2 aliphatic rings. The second kappa shape index (κ2) is 5.16. The SMILES string of the molecule is Cc1cc(C(=O)N2C3CCC(C3)[C@H]2C(=O)NC(C)C)no1. The lowest BCUT2D eigenvalue weighted by Crippen LogP contribution is -2.53. The van der Waals surface area contributed by atoms with Crippen molar-refractivity contribution >= 4 is 11.8 Å². The molecule has 6 heteroatoms. The summed E-state index contributed by atoms with van der Waals surface area (Å²) in [5, 5.41) is 6.74. The molecule has 21 heavy (non-hydrogen) atoms. The van der Waals surface area contributed by atoms with Crippen LogP contribution in [0.5, 0.6) is 0 Å². The molecule has 1 aliphatic heterocycles. The van der Waals surface area contributed by atoms with Gasteiger partial charge in [-0.15, -0.1) is 0 Å². The highest BCUT2D eigenvalue weighted by atomic mass is 16.5. The maximum atomic E-state index is 12.7. The molecule has 2 heterocycles. The first-order valence-corrected chi connectivity index (χ1v) is 7.53. The molecule has 1 saturated heterocycles. The monoisotopic (exact) mass is 291 g/mol. The van der Waals surface area contributed by atoms with Crippen LogP contribution in [0.25, 0.3) is 0 Å². The van der Waals surface area contributed by atoms with Crippen LogP contribution in [0, 0.1) is 12.8 Å². The first-order chi connectivity index (χ1) is 9.97. The van der Waals surface area contributed by atoms with Gasteiger partial charge >= 0.3 is 0 Å². The number of amides is 2. The van der Waals surface area contributed by atoms with E-state index in [4.69, 9.17) is 4.52 Å². The smallest absolute Gasteiger partial charge is 0.276 e. The van der Waals surface area contributed by atoms with Gasteiger partial charge in [0, 0.05) is 18.2 Å². The topological polar surface area (TPSA) is 75.4 Å². The number of nitrogens with zero attached hydrogens (tertiary/aromatic N) is 2. The summed E-state index contributed by atoms with van der Waals surface area (Å²) in [5.74, 6) is 0.630. The number of likely N-dealkylation sites (tertiary alicyclic amines) is 1. The van der Waals surface area contributed by atoms with Crippen LogP contribution in [0.15, 0.2) is 10.6 Å². The van der Waals surface area contributed by atoms with Crippen LogP contribution in [0.2, 0.25) is 0 Å². The van der Waals surface area contributed by atoms with E-state index in [1.807, 2.05) is 13.8 Å². The summed E-state index contributed by atoms with van der Waals surface area (Å²) < 4.78 is 4.99. The average molecular weight is 291 g/mol. The molecule has 2 amide bonds. The van der Waals surface area contributed by atoms with Gasteiger partial charge in [-0.1, -0.05) is 5.16 Å². The van der Waals surface area contributed by atoms with Gasteiger partial charge in [-0.3, -0.25) is 9.59 Å². The number of carbonyl (C=O) groups is 2. The Bertz CT molecular complexity index is 566. The summed E-state index contributed by atoms with van der Waals surface area (Å²) in [4.78, 5) is 26.8. The van der Waals surface area contributed by atoms with Crippen molar-refractivity contribution in [2.45, 2.75) is 58.2 Å². The van der Waals surface area contributed by atoms with E-state index in [0.29, 0.717) is 11.5 Å². The fraction of sp³-hybridized carbons (Fsp3) is 0.667. The van der Waals surface area contributed by atoms with E-state index in [-0.39, 0.29) is 35.9 Å². The molecular formula is C15H21N3O3. The number of fused-ring (bicyclic) bond motifs is 2. The third kappa shape index (κ3) is 2.43. The zero-order valence-corrected chi connectivity index (χ0v) is 12.6. The Morgan fingerprint density at radius 2 is 2.19 bits per heavy atom. The number of rotatable bonds is 3. The van der Waals surface area contributed by atoms with Crippen LogP contribution >= 0.6 is 0 Å². The van der Waals surface area contributed by atoms with Crippen molar-refractivity contribution in [1.82, 2.24) is 15.4 Å². The summed E-state index contributed by atoms with van der Waals surface area (Å²) in [5.41, 5.74) is 0.294. The van der Waals surface area contributed by atoms with Crippen molar-refractivity contribution in [3.05, 3.63) is 17.5 Å². The van der Waals surface area contributed by atoms with Crippen LogP contribution in [0.3, 0.4) is 0 Å². The normalized spacial score (nSPS) is 27.4. The van der Waals surface area contributed by atoms with Crippen molar-refractivity contribution in [3.8, 4) is 0 Å². The number of hydrogen-bond donors (Lipinski definition) is 1. The fourth-order valence-corrected chi connectivity index (χ4v) is 3.59. The molecule has 0 spiro atoms. The standard InChI is InChI=1S/C15H21N3O3/c1-8(2)16-14(19)13-10-4-5-11(7-10)18(13)15(20)12-6-9(3)21-17-12/h6,8,10-11,13H,4-5,7H2,1-3H3,(H,16,19)/t10?,11?,13-/m0/s1. The van der Waals surface area contributed by atoms with Crippen molar-refractivity contribution < 1.29 is 14.1 Å². The summed E-state index contributed by atoms with van der Waals surface area (Å²) >= 11 is 0. The third-order valence-corrected chi connectivity index (χ3v) is 4.37. The summed E-state index contributed by atoms with van der Waals surface area (Å²) in [7, 11) is 0. The Kier molecular flexibility index (Phi) is 3.47. The van der Waals surface area contributed by atoms with Gasteiger partial charge in [0.15, 0.2) is 5.69 Å². The molecule has 1 saturated carbocycles. The summed E-state index contributed by atoms with van der Waals surface area (Å²) in [6.45, 7) is 5.61. The lowest BCUT2D eigenvalue weighted by molar-refractivity contribution is -0.127. The Labute approximate surface area is 123 Å². The molecule has 2 fully saturated rings. The maximum Gasteiger partial charge on any atom is 0.276 e. The van der Waals surface area contributed by atoms with Gasteiger partial charge in [0.2, 0.25) is 5.91 Å². The van der Waals surface area contributed by atoms with Gasteiger partial charge in [0.05, 0.1) is 0 Å². The Morgan fingerprint density at radius 3 is 2.81 bits per heavy atom. The lowest BCUT2D eigenvalue weighted by atomic mass is 9.97. The largest absolute Gasteiger partial charge is 0.361 e. The Balaban J connectivity index is 1.84. The van der Waals surface area contributed by atoms with Crippen LogP contribution in [-0.4, -0.2) is 40.0 Å². The highest BCUT2D eigenvalue weighted by Crippen LogP contribution is 2.43. The molecule has 1 N–H and O–H groups in total. The highest BCUT2D eigenvalue weighted by molar-refractivity contribution is 5.97. The van der Waals surface area contributed by atoms with Gasteiger partial charge in [-0.25, -0.2) is 0 Å². The molecule has 1 aromatic rings. The minimum Gasteiger partial charge on any atom is -0.361 e. The predicted molar refractivity (Wildman–Crippen MR) is 75.6 cm³/mol. The van der Waals surface area contributed by atoms with Crippen LogP contribution < -0.4 is 5.32 Å². The zero-order valence-electron chi connectivity index (χ0n) is 12.6. The van der Waals surface area contributed by atoms with Gasteiger partial charge in [-0.05, 0) is 46.0 Å². The number of aromatic nitrogens is 1. The van der Waals surface area contributed by atoms with Crippen LogP contribution in [0.4, 0.5) is 0 Å². The van der Waals surface area contributed by atoms with E-state index in [1.165, 1.54) is 0 Å². The lowest BCUT2D eigenvalue weighted by Gasteiger charge is -2.34. The maximum absolute atomic E-state index is 12.7. The molecule has 2 unspecified atom stereocenters. The van der Waals surface area contributed by atoms with E-state index in [9.17, 15) is 9.59 Å². The molecule has 114 valence electrons. The van der Waals surface area contributed by atoms with Gasteiger partial charge in [-0.2, -0.15) is 0 Å². The molecule has 0 aromatic carbocycles. The van der Waals surface area contributed by atoms with E-state index >= 15 is 0 Å². The first kappa shape index (κ1) is 14.1. The summed E-state index contributed by atoms with van der Waals surface area (Å²) in [6, 6.07) is 1.49. The van der Waals surface area contributed by atoms with E-state index in [1.54, 1.807) is 17.9 Å². The summed E-state index contributed by atoms with van der Waals surface area (Å²) in [6.07, 6.45) is 2.90. The van der Waals surface area contributed by atoms with E-state index < -0.39 is 0 Å². The highest BCUT2D eigenvalue weighted by Gasteiger charge is 2.51. The van der Waals surface area contributed by atoms with Crippen molar-refractivity contribution in [1.29, 1.82) is 0 Å². The molecule has 3 rings (SSSR count). The number of piperidine rings is 1. The van der Waals surface area contributed by atoms with Crippen molar-refractivity contribution in [3.63, 3.8) is 0 Å². The number of carbonyl (C=O) groups excluding carboxylic acids is 2. The zero-order chi connectivity index (χ0) is 15.1. The molecule has 0 radical (unpaired) electrons. The predicted octanol–water partition coefficient (Wildman–Crippen LogP) is 1.50. The number of aryl methyl sites for hydroxylation is 1. The van der Waals surface area contributed by atoms with E-state index in [0.717, 1.165) is 19.3 Å². The van der Waals surface area contributed by atoms with Gasteiger partial charge in [0.1, 0.15) is 11.8 Å². The molecule has 6 nitrogen and oxygen atoms in total. The second-order valence-corrected chi connectivity index (χ2v) is 6.37. The molecule has 1 aliphatic carbocycles. The number of hydrogen-bond acceptors (Lipinski definition) is 4. The van der Waals surface area contributed by atoms with Crippen molar-refractivity contribution in [2.24, 2.45) is 5.92 Å². The molecule has 1 aromatic heterocycles. The quantitative estimate of drug-likeness (QED) is 0.915. The van der Waals surface area contributed by atoms with E-state index in [2.05, 4.69) is 10.5 Å². The minimum atomic E-state index is -0.365. The van der Waals surface area contributed by atoms with Crippen LogP contribution in [0.1, 0.15) is 49.4 Å². The van der Waals surface area contributed by atoms with Gasteiger partial charge < -0.3 is 14.7 Å². The Hall–Kier alpha value is -1.85. The first-order valence-electron chi connectivity index (χ1n) is 7.53. The number of nitrogens with one attached hydrogen (secondary N) is 1. The second-order valence-electron chi connectivity index (χ2n) is 6.37. The van der Waals surface area contributed by atoms with Crippen molar-refractivity contribution in [2.75, 3.05) is 0 Å². The molecular weight excluding hydrogens is 270 g/mol. The molecule has 2 bridgehead atoms. The Morgan fingerprint density at radius 1 is 1.43 bits per heavy atom. The molecule has 3 atom stereocenters. The minimum absolute atomic E-state index is 0.0502.